The van der Waals surface area contributed by atoms with E-state index < -0.39 is 0 Å². The number of aliphatic hydroxyl groups excluding tert-OH is 1. The van der Waals surface area contributed by atoms with E-state index in [0.29, 0.717) is 0 Å². The van der Waals surface area contributed by atoms with Crippen LogP contribution in [0.1, 0.15) is 20.8 Å². The summed E-state index contributed by atoms with van der Waals surface area (Å²) in [6.45, 7) is 9.08. The van der Waals surface area contributed by atoms with E-state index in [9.17, 15) is 0 Å². The van der Waals surface area contributed by atoms with Crippen LogP contribution in [-0.4, -0.2) is 11.2 Å². The molecule has 1 unspecified atom stereocenters. The fourth-order valence-corrected chi connectivity index (χ4v) is 0.384. The molecule has 0 aliphatic rings. The molecule has 0 spiro atoms. The van der Waals surface area contributed by atoms with Gasteiger partial charge < -0.3 is 5.11 Å². The molecule has 0 aromatic heterocycles. The summed E-state index contributed by atoms with van der Waals surface area (Å²) in [7, 11) is 0. The topological polar surface area (TPSA) is 20.2 Å². The Morgan fingerprint density at radius 1 is 1.67 bits per heavy atom. The normalized spacial score (nSPS) is 14.2. The third-order valence-electron chi connectivity index (χ3n) is 1.55. The Labute approximate surface area is 56.7 Å². The predicted molar refractivity (Wildman–Crippen MR) is 39.2 cm³/mol. The van der Waals surface area contributed by atoms with Crippen molar-refractivity contribution >= 4 is 0 Å². The van der Waals surface area contributed by atoms with Gasteiger partial charge in [-0.25, -0.2) is 0 Å². The van der Waals surface area contributed by atoms with Gasteiger partial charge >= 0.3 is 0 Å². The van der Waals surface area contributed by atoms with Crippen LogP contribution < -0.4 is 0 Å². The van der Waals surface area contributed by atoms with Crippen molar-refractivity contribution in [2.45, 2.75) is 26.9 Å². The summed E-state index contributed by atoms with van der Waals surface area (Å²) in [5.41, 5.74) is 2.46. The fourth-order valence-electron chi connectivity index (χ4n) is 0.384. The highest BCUT2D eigenvalue weighted by Crippen LogP contribution is 2.20. The maximum absolute atomic E-state index is 9.11. The van der Waals surface area contributed by atoms with Crippen LogP contribution in [0.5, 0.6) is 0 Å². The molecule has 1 atom stereocenters. The summed E-state index contributed by atoms with van der Waals surface area (Å²) < 4.78 is 0. The molecule has 52 valence electrons. The van der Waals surface area contributed by atoms with Crippen molar-refractivity contribution in [3.05, 3.63) is 18.4 Å². The molecule has 0 radical (unpaired) electrons. The molecule has 0 rings (SSSR count). The van der Waals surface area contributed by atoms with Gasteiger partial charge in [0, 0.05) is 5.41 Å². The molecular formula is C8H14O. The highest BCUT2D eigenvalue weighted by molar-refractivity contribution is 4.94. The molecule has 0 heterocycles. The smallest absolute Gasteiger partial charge is 0.0603 e. The van der Waals surface area contributed by atoms with Gasteiger partial charge in [-0.1, -0.05) is 20.4 Å². The molecule has 0 fully saturated rings. The van der Waals surface area contributed by atoms with Gasteiger partial charge in [0.2, 0.25) is 0 Å². The first kappa shape index (κ1) is 8.48. The number of hydrogen-bond acceptors (Lipinski definition) is 1. The lowest BCUT2D eigenvalue weighted by molar-refractivity contribution is 0.0998. The van der Waals surface area contributed by atoms with Gasteiger partial charge in [0.05, 0.1) is 6.10 Å². The lowest BCUT2D eigenvalue weighted by atomic mass is 9.88. The zero-order valence-corrected chi connectivity index (χ0v) is 6.31. The second kappa shape index (κ2) is 2.86. The summed E-state index contributed by atoms with van der Waals surface area (Å²) in [6, 6.07) is 0. The average Bonchev–Trinajstić information content (AvgIpc) is 1.65. The van der Waals surface area contributed by atoms with Crippen molar-refractivity contribution < 1.29 is 5.11 Å². The third-order valence-corrected chi connectivity index (χ3v) is 1.55. The van der Waals surface area contributed by atoms with Crippen molar-refractivity contribution in [3.8, 4) is 0 Å². The van der Waals surface area contributed by atoms with Gasteiger partial charge in [-0.15, -0.1) is 5.73 Å². The molecule has 0 aliphatic carbocycles. The van der Waals surface area contributed by atoms with Crippen molar-refractivity contribution in [1.82, 2.24) is 0 Å². The van der Waals surface area contributed by atoms with E-state index in [0.717, 1.165) is 0 Å². The van der Waals surface area contributed by atoms with Gasteiger partial charge in [0.25, 0.3) is 0 Å². The summed E-state index contributed by atoms with van der Waals surface area (Å²) in [6.07, 6.45) is 1.43. The maximum Gasteiger partial charge on any atom is 0.0603 e. The van der Waals surface area contributed by atoms with Crippen LogP contribution in [0.15, 0.2) is 18.4 Å². The molecule has 0 aromatic rings. The lowest BCUT2D eigenvalue weighted by Gasteiger charge is -2.22. The molecule has 0 bridgehead atoms. The second-order valence-electron chi connectivity index (χ2n) is 2.85. The molecule has 9 heavy (non-hydrogen) atoms. The predicted octanol–water partition coefficient (Wildman–Crippen LogP) is 1.73. The minimum Gasteiger partial charge on any atom is -0.393 e. The largest absolute Gasteiger partial charge is 0.393 e. The van der Waals surface area contributed by atoms with Gasteiger partial charge in [-0.3, -0.25) is 0 Å². The second-order valence-corrected chi connectivity index (χ2v) is 2.85. The number of rotatable bonds is 2. The molecule has 1 heteroatoms. The molecule has 1 nitrogen and oxygen atoms in total. The van der Waals surface area contributed by atoms with Gasteiger partial charge in [-0.05, 0) is 13.0 Å². The van der Waals surface area contributed by atoms with Crippen LogP contribution in [-0.2, 0) is 0 Å². The van der Waals surface area contributed by atoms with Gasteiger partial charge in [-0.2, -0.15) is 0 Å². The van der Waals surface area contributed by atoms with Crippen molar-refractivity contribution in [3.63, 3.8) is 0 Å². The Balaban J connectivity index is 4.18. The van der Waals surface area contributed by atoms with E-state index >= 15 is 0 Å². The van der Waals surface area contributed by atoms with Crippen molar-refractivity contribution in [2.75, 3.05) is 0 Å². The molecule has 0 saturated heterocycles. The number of aliphatic hydroxyl groups is 1. The minimum absolute atomic E-state index is 0.193. The first-order valence-electron chi connectivity index (χ1n) is 3.06. The molecule has 0 amide bonds. The molecule has 0 aliphatic heterocycles. The Bertz CT molecular complexity index is 128. The quantitative estimate of drug-likeness (QED) is 0.559. The van der Waals surface area contributed by atoms with E-state index in [1.165, 1.54) is 0 Å². The first-order valence-corrected chi connectivity index (χ1v) is 3.06. The van der Waals surface area contributed by atoms with Gasteiger partial charge in [0.15, 0.2) is 0 Å². The van der Waals surface area contributed by atoms with Gasteiger partial charge in [0.1, 0.15) is 0 Å². The van der Waals surface area contributed by atoms with Crippen molar-refractivity contribution in [1.29, 1.82) is 0 Å². The molecule has 0 saturated carbocycles. The average molecular weight is 126 g/mol. The molecule has 1 N–H and O–H groups in total. The summed E-state index contributed by atoms with van der Waals surface area (Å²) >= 11 is 0. The Hall–Kier alpha value is -0.520. The van der Waals surface area contributed by atoms with Crippen LogP contribution in [0.4, 0.5) is 0 Å². The Morgan fingerprint density at radius 3 is 2.22 bits per heavy atom. The Morgan fingerprint density at radius 2 is 2.11 bits per heavy atom. The van der Waals surface area contributed by atoms with Crippen LogP contribution in [0, 0.1) is 5.41 Å². The van der Waals surface area contributed by atoms with Crippen molar-refractivity contribution in [2.24, 2.45) is 5.41 Å². The molecular weight excluding hydrogens is 112 g/mol. The summed E-state index contributed by atoms with van der Waals surface area (Å²) in [5, 5.41) is 9.11. The first-order chi connectivity index (χ1) is 4.00. The van der Waals surface area contributed by atoms with Crippen LogP contribution in [0.2, 0.25) is 0 Å². The summed E-state index contributed by atoms with van der Waals surface area (Å²) in [5.74, 6) is 0. The third kappa shape index (κ3) is 2.50. The van der Waals surface area contributed by atoms with E-state index in [1.807, 2.05) is 13.8 Å². The highest BCUT2D eigenvalue weighted by Gasteiger charge is 2.19. The zero-order chi connectivity index (χ0) is 7.49. The highest BCUT2D eigenvalue weighted by atomic mass is 16.3. The standard InChI is InChI=1S/C8H14O/c1-5-6-8(3,4)7(2)9/h6-7,9H,1H2,2-4H3. The lowest BCUT2D eigenvalue weighted by Crippen LogP contribution is -2.23. The van der Waals surface area contributed by atoms with Crippen LogP contribution >= 0.6 is 0 Å². The van der Waals surface area contributed by atoms with E-state index in [2.05, 4.69) is 12.3 Å². The summed E-state index contributed by atoms with van der Waals surface area (Å²) in [4.78, 5) is 0. The maximum atomic E-state index is 9.11. The Kier molecular flexibility index (Phi) is 2.69. The molecule has 0 aromatic carbocycles. The number of hydrogen-bond donors (Lipinski definition) is 1. The van der Waals surface area contributed by atoms with E-state index in [1.54, 1.807) is 13.0 Å². The van der Waals surface area contributed by atoms with Crippen LogP contribution in [0.3, 0.4) is 0 Å². The SMILES string of the molecule is C=C=CC(C)(C)C(C)O. The zero-order valence-electron chi connectivity index (χ0n) is 6.31. The van der Waals surface area contributed by atoms with E-state index in [4.69, 9.17) is 5.11 Å². The monoisotopic (exact) mass is 126 g/mol. The minimum atomic E-state index is -0.341. The van der Waals surface area contributed by atoms with Crippen LogP contribution in [0.25, 0.3) is 0 Å². The fraction of sp³-hybridized carbons (Fsp3) is 0.625. The van der Waals surface area contributed by atoms with E-state index in [-0.39, 0.29) is 11.5 Å².